The van der Waals surface area contributed by atoms with E-state index in [4.69, 9.17) is 11.6 Å². The molecule has 12 nitrogen and oxygen atoms in total. The van der Waals surface area contributed by atoms with Crippen LogP contribution in [0.4, 0.5) is 5.82 Å². The fraction of sp³-hybridized carbons (Fsp3) is 0.0769. The molecule has 0 saturated heterocycles. The highest BCUT2D eigenvalue weighted by Gasteiger charge is 2.23. The van der Waals surface area contributed by atoms with Crippen molar-refractivity contribution >= 4 is 34.5 Å². The molecular weight excluding hydrogens is 360 g/mol. The topological polar surface area (TPSA) is 179 Å². The van der Waals surface area contributed by atoms with Crippen LogP contribution in [0.3, 0.4) is 0 Å². The van der Waals surface area contributed by atoms with Crippen molar-refractivity contribution in [3.8, 4) is 5.82 Å². The third-order valence-electron chi connectivity index (χ3n) is 3.52. The second-order valence-corrected chi connectivity index (χ2v) is 6.05. The molecule has 0 aliphatic heterocycles. The number of nitrogens with two attached hydrogens (primary N) is 2. The van der Waals surface area contributed by atoms with Gasteiger partial charge < -0.3 is 10.7 Å². The lowest BCUT2D eigenvalue weighted by molar-refractivity contribution is 0.0948. The first-order valence-electron chi connectivity index (χ1n) is 7.29. The summed E-state index contributed by atoms with van der Waals surface area (Å²) in [5, 5.41) is 15.6. The third-order valence-corrected chi connectivity index (χ3v) is 4.40. The zero-order chi connectivity index (χ0) is 18.1. The van der Waals surface area contributed by atoms with Crippen LogP contribution in [0.2, 0.25) is 0 Å². The second-order valence-electron chi connectivity index (χ2n) is 5.09. The van der Waals surface area contributed by atoms with Crippen molar-refractivity contribution < 1.29 is 9.42 Å². The summed E-state index contributed by atoms with van der Waals surface area (Å²) < 4.78 is 5.87. The molecule has 0 bridgehead atoms. The normalized spacial score (nSPS) is 11.1. The van der Waals surface area contributed by atoms with Gasteiger partial charge in [-0.2, -0.15) is 4.68 Å². The summed E-state index contributed by atoms with van der Waals surface area (Å²) in [6.45, 7) is 0. The van der Waals surface area contributed by atoms with E-state index < -0.39 is 5.91 Å². The molecule has 0 aliphatic carbocycles. The van der Waals surface area contributed by atoms with Crippen LogP contribution in [0, 0.1) is 0 Å². The Morgan fingerprint density at radius 1 is 1.35 bits per heavy atom. The number of benzene rings is 1. The molecule has 0 radical (unpaired) electrons. The summed E-state index contributed by atoms with van der Waals surface area (Å²) >= 11 is 1.36. The fourth-order valence-corrected chi connectivity index (χ4v) is 3.20. The predicted octanol–water partition coefficient (Wildman–Crippen LogP) is 0.00460. The smallest absolute Gasteiger partial charge is 0.287 e. The zero-order valence-electron chi connectivity index (χ0n) is 13.1. The number of anilines is 1. The number of carbonyl (C=O) groups excluding carboxylic acids is 1. The van der Waals surface area contributed by atoms with Crippen LogP contribution in [0.15, 0.2) is 34.1 Å². The maximum Gasteiger partial charge on any atom is 0.287 e. The SMILES string of the molecule is NNC(=O)c1nnn(-c2nonc2N)c1CSc1nc2ccccc2[nH]1. The third kappa shape index (κ3) is 2.74. The average Bonchev–Trinajstić information content (AvgIpc) is 3.36. The van der Waals surface area contributed by atoms with Crippen LogP contribution in [-0.2, 0) is 5.75 Å². The van der Waals surface area contributed by atoms with E-state index in [9.17, 15) is 4.79 Å². The van der Waals surface area contributed by atoms with Gasteiger partial charge in [0.05, 0.1) is 16.7 Å². The van der Waals surface area contributed by atoms with E-state index in [2.05, 4.69) is 35.2 Å². The first-order chi connectivity index (χ1) is 12.7. The van der Waals surface area contributed by atoms with E-state index in [0.29, 0.717) is 16.6 Å². The van der Waals surface area contributed by atoms with Gasteiger partial charge in [0.1, 0.15) is 0 Å². The van der Waals surface area contributed by atoms with Gasteiger partial charge in [-0.3, -0.25) is 10.2 Å². The largest absolute Gasteiger partial charge is 0.378 e. The number of fused-ring (bicyclic) bond motifs is 1. The molecule has 0 unspecified atom stereocenters. The first kappa shape index (κ1) is 16.0. The molecule has 4 rings (SSSR count). The Labute approximate surface area is 149 Å². The summed E-state index contributed by atoms with van der Waals surface area (Å²) in [4.78, 5) is 19.6. The van der Waals surface area contributed by atoms with Crippen LogP contribution < -0.4 is 17.0 Å². The van der Waals surface area contributed by atoms with E-state index in [1.54, 1.807) is 0 Å². The van der Waals surface area contributed by atoms with Crippen molar-refractivity contribution in [1.82, 2.24) is 40.7 Å². The number of rotatable bonds is 5. The lowest BCUT2D eigenvalue weighted by Crippen LogP contribution is -2.31. The van der Waals surface area contributed by atoms with Crippen LogP contribution in [0.5, 0.6) is 0 Å². The van der Waals surface area contributed by atoms with Crippen molar-refractivity contribution in [1.29, 1.82) is 0 Å². The number of para-hydroxylation sites is 2. The van der Waals surface area contributed by atoms with Gasteiger partial charge in [-0.05, 0) is 22.4 Å². The van der Waals surface area contributed by atoms with Crippen molar-refractivity contribution in [2.75, 3.05) is 5.73 Å². The molecule has 26 heavy (non-hydrogen) atoms. The quantitative estimate of drug-likeness (QED) is 0.161. The monoisotopic (exact) mass is 372 g/mol. The van der Waals surface area contributed by atoms with Crippen LogP contribution >= 0.6 is 11.8 Å². The minimum atomic E-state index is -0.591. The molecule has 0 aliphatic rings. The molecule has 3 heterocycles. The number of nitrogen functional groups attached to an aromatic ring is 2. The van der Waals surface area contributed by atoms with E-state index in [1.165, 1.54) is 16.4 Å². The number of amides is 1. The van der Waals surface area contributed by atoms with Crippen LogP contribution in [0.25, 0.3) is 16.9 Å². The van der Waals surface area contributed by atoms with Crippen molar-refractivity contribution in [2.24, 2.45) is 5.84 Å². The number of carbonyl (C=O) groups is 1. The Bertz CT molecular complexity index is 1050. The van der Waals surface area contributed by atoms with E-state index in [1.807, 2.05) is 29.7 Å². The van der Waals surface area contributed by atoms with E-state index >= 15 is 0 Å². The predicted molar refractivity (Wildman–Crippen MR) is 90.9 cm³/mol. The maximum absolute atomic E-state index is 12.0. The maximum atomic E-state index is 12.0. The Balaban J connectivity index is 1.68. The molecule has 13 heteroatoms. The summed E-state index contributed by atoms with van der Waals surface area (Å²) in [6.07, 6.45) is 0. The Kier molecular flexibility index (Phi) is 3.98. The summed E-state index contributed by atoms with van der Waals surface area (Å²) in [5.74, 6) is 5.07. The number of imidazole rings is 1. The number of aromatic amines is 1. The van der Waals surface area contributed by atoms with Crippen molar-refractivity contribution in [3.05, 3.63) is 35.7 Å². The zero-order valence-corrected chi connectivity index (χ0v) is 13.9. The number of hydrazine groups is 1. The molecule has 132 valence electrons. The Morgan fingerprint density at radius 2 is 2.19 bits per heavy atom. The Morgan fingerprint density at radius 3 is 2.92 bits per heavy atom. The molecule has 0 saturated carbocycles. The molecule has 0 fully saturated rings. The number of hydrogen-bond acceptors (Lipinski definition) is 10. The lowest BCUT2D eigenvalue weighted by atomic mass is 10.3. The Hall–Kier alpha value is -3.45. The summed E-state index contributed by atoms with van der Waals surface area (Å²) in [6, 6.07) is 7.64. The standard InChI is InChI=1S/C13H12N10O2S/c14-10-11(21-25-20-10)23-8(9(19-22-23)12(24)18-15)5-26-13-16-6-3-1-2-4-7(6)17-13/h1-4H,5,15H2,(H2,14,20)(H,16,17)(H,18,24). The number of H-pyrrole nitrogens is 1. The highest BCUT2D eigenvalue weighted by atomic mass is 32.2. The minimum Gasteiger partial charge on any atom is -0.378 e. The number of nitrogens with one attached hydrogen (secondary N) is 2. The summed E-state index contributed by atoms with van der Waals surface area (Å²) in [7, 11) is 0. The lowest BCUT2D eigenvalue weighted by Gasteiger charge is -2.04. The molecule has 0 spiro atoms. The van der Waals surface area contributed by atoms with Crippen LogP contribution in [0.1, 0.15) is 16.2 Å². The van der Waals surface area contributed by atoms with Crippen molar-refractivity contribution in [3.63, 3.8) is 0 Å². The average molecular weight is 372 g/mol. The molecule has 0 atom stereocenters. The van der Waals surface area contributed by atoms with Gasteiger partial charge in [0.2, 0.25) is 11.6 Å². The molecule has 3 aromatic heterocycles. The van der Waals surface area contributed by atoms with Crippen molar-refractivity contribution in [2.45, 2.75) is 10.9 Å². The second kappa shape index (κ2) is 6.45. The van der Waals surface area contributed by atoms with E-state index in [0.717, 1.165) is 11.0 Å². The molecular formula is C13H12N10O2S. The van der Waals surface area contributed by atoms with Gasteiger partial charge in [-0.1, -0.05) is 29.1 Å². The number of thioether (sulfide) groups is 1. The van der Waals surface area contributed by atoms with Crippen LogP contribution in [-0.4, -0.2) is 41.2 Å². The van der Waals surface area contributed by atoms with E-state index in [-0.39, 0.29) is 17.3 Å². The number of aromatic nitrogens is 7. The van der Waals surface area contributed by atoms with Gasteiger partial charge in [0.25, 0.3) is 5.91 Å². The molecule has 1 amide bonds. The highest BCUT2D eigenvalue weighted by molar-refractivity contribution is 7.98. The van der Waals surface area contributed by atoms with Gasteiger partial charge in [-0.15, -0.1) is 5.10 Å². The van der Waals surface area contributed by atoms with Gasteiger partial charge >= 0.3 is 0 Å². The number of hydrogen-bond donors (Lipinski definition) is 4. The number of nitrogens with zero attached hydrogens (tertiary/aromatic N) is 6. The van der Waals surface area contributed by atoms with Gasteiger partial charge in [-0.25, -0.2) is 15.5 Å². The minimum absolute atomic E-state index is 0.0181. The molecule has 1 aromatic carbocycles. The molecule has 4 aromatic rings. The highest BCUT2D eigenvalue weighted by Crippen LogP contribution is 2.25. The summed E-state index contributed by atoms with van der Waals surface area (Å²) in [5.41, 5.74) is 9.95. The fourth-order valence-electron chi connectivity index (χ4n) is 2.32. The van der Waals surface area contributed by atoms with Gasteiger partial charge in [0, 0.05) is 5.75 Å². The van der Waals surface area contributed by atoms with Gasteiger partial charge in [0.15, 0.2) is 10.9 Å². The molecule has 6 N–H and O–H groups in total. The first-order valence-corrected chi connectivity index (χ1v) is 8.27.